The van der Waals surface area contributed by atoms with E-state index < -0.39 is 0 Å². The van der Waals surface area contributed by atoms with Gasteiger partial charge in [-0.15, -0.1) is 0 Å². The molecule has 3 rings (SSSR count). The number of ether oxygens (including phenoxy) is 3. The highest BCUT2D eigenvalue weighted by Gasteiger charge is 2.23. The molecule has 1 aliphatic heterocycles. The van der Waals surface area contributed by atoms with Gasteiger partial charge < -0.3 is 19.1 Å². The number of methoxy groups -OCH3 is 1. The molecule has 0 aliphatic carbocycles. The molecule has 2 aromatic carbocycles. The van der Waals surface area contributed by atoms with Crippen LogP contribution in [0.5, 0.6) is 17.2 Å². The van der Waals surface area contributed by atoms with Crippen molar-refractivity contribution < 1.29 is 19.0 Å². The molecule has 142 valence electrons. The summed E-state index contributed by atoms with van der Waals surface area (Å²) < 4.78 is 16.1. The second-order valence-corrected chi connectivity index (χ2v) is 6.13. The van der Waals surface area contributed by atoms with E-state index in [2.05, 4.69) is 0 Å². The fourth-order valence-corrected chi connectivity index (χ4v) is 2.95. The first-order valence-corrected chi connectivity index (χ1v) is 9.00. The number of nitrogens with zero attached hydrogens (tertiary/aromatic N) is 2. The summed E-state index contributed by atoms with van der Waals surface area (Å²) in [6.45, 7) is 7.24. The van der Waals surface area contributed by atoms with Crippen LogP contribution in [-0.2, 0) is 0 Å². The maximum absolute atomic E-state index is 13.0. The molecular weight excluding hydrogens is 344 g/mol. The molecule has 6 nitrogen and oxygen atoms in total. The first-order valence-electron chi connectivity index (χ1n) is 9.00. The standard InChI is InChI=1S/C21H24N2O4/c1-5-23(6-2)21(24)17-11-19-20(27-13-26-19)12-18(17)22-14(3)15-7-9-16(25-4)10-8-15/h7-12H,5-6,13H2,1-4H3. The molecule has 0 unspecified atom stereocenters. The summed E-state index contributed by atoms with van der Waals surface area (Å²) in [4.78, 5) is 19.5. The molecule has 1 aliphatic rings. The monoisotopic (exact) mass is 368 g/mol. The number of carbonyl (C=O) groups excluding carboxylic acids is 1. The van der Waals surface area contributed by atoms with Crippen LogP contribution in [0.15, 0.2) is 41.4 Å². The predicted octanol–water partition coefficient (Wildman–Crippen LogP) is 4.05. The van der Waals surface area contributed by atoms with Gasteiger partial charge in [0.2, 0.25) is 6.79 Å². The summed E-state index contributed by atoms with van der Waals surface area (Å²) in [7, 11) is 1.63. The molecule has 0 N–H and O–H groups in total. The zero-order chi connectivity index (χ0) is 19.4. The number of aliphatic imine (C=N–C) groups is 1. The van der Waals surface area contributed by atoms with Crippen molar-refractivity contribution in [1.82, 2.24) is 4.90 Å². The summed E-state index contributed by atoms with van der Waals surface area (Å²) in [5.41, 5.74) is 2.83. The highest BCUT2D eigenvalue weighted by atomic mass is 16.7. The van der Waals surface area contributed by atoms with E-state index in [-0.39, 0.29) is 12.7 Å². The summed E-state index contributed by atoms with van der Waals surface area (Å²) in [6.07, 6.45) is 0. The smallest absolute Gasteiger partial charge is 0.256 e. The lowest BCUT2D eigenvalue weighted by Gasteiger charge is -2.20. The Hall–Kier alpha value is -3.02. The third-order valence-electron chi connectivity index (χ3n) is 4.57. The second kappa shape index (κ2) is 8.12. The molecule has 0 bridgehead atoms. The maximum atomic E-state index is 13.0. The van der Waals surface area contributed by atoms with Gasteiger partial charge in [-0.05, 0) is 56.7 Å². The zero-order valence-corrected chi connectivity index (χ0v) is 16.1. The molecule has 0 spiro atoms. The van der Waals surface area contributed by atoms with Gasteiger partial charge in [-0.1, -0.05) is 0 Å². The number of hydrogen-bond acceptors (Lipinski definition) is 5. The molecule has 0 aromatic heterocycles. The molecule has 0 fully saturated rings. The van der Waals surface area contributed by atoms with Crippen LogP contribution in [0.25, 0.3) is 0 Å². The number of amides is 1. The number of fused-ring (bicyclic) bond motifs is 1. The normalized spacial score (nSPS) is 12.8. The Morgan fingerprint density at radius 1 is 1.11 bits per heavy atom. The van der Waals surface area contributed by atoms with Crippen LogP contribution < -0.4 is 14.2 Å². The third-order valence-corrected chi connectivity index (χ3v) is 4.57. The fourth-order valence-electron chi connectivity index (χ4n) is 2.95. The molecule has 0 saturated heterocycles. The largest absolute Gasteiger partial charge is 0.497 e. The van der Waals surface area contributed by atoms with Crippen molar-refractivity contribution in [3.8, 4) is 17.2 Å². The van der Waals surface area contributed by atoms with Crippen LogP contribution >= 0.6 is 0 Å². The maximum Gasteiger partial charge on any atom is 0.256 e. The van der Waals surface area contributed by atoms with Gasteiger partial charge in [-0.25, -0.2) is 0 Å². The Bertz CT molecular complexity index is 855. The predicted molar refractivity (Wildman–Crippen MR) is 105 cm³/mol. The molecule has 0 radical (unpaired) electrons. The van der Waals surface area contributed by atoms with Crippen molar-refractivity contribution in [2.75, 3.05) is 27.0 Å². The van der Waals surface area contributed by atoms with Crippen LogP contribution in [0, 0.1) is 0 Å². The average Bonchev–Trinajstić information content (AvgIpc) is 3.15. The quantitative estimate of drug-likeness (QED) is 0.722. The molecule has 6 heteroatoms. The summed E-state index contributed by atoms with van der Waals surface area (Å²) in [5.74, 6) is 1.89. The number of hydrogen-bond donors (Lipinski definition) is 0. The van der Waals surface area contributed by atoms with Crippen molar-refractivity contribution in [2.45, 2.75) is 20.8 Å². The van der Waals surface area contributed by atoms with Crippen molar-refractivity contribution in [2.24, 2.45) is 4.99 Å². The van der Waals surface area contributed by atoms with E-state index in [1.807, 2.05) is 45.0 Å². The van der Waals surface area contributed by atoms with Crippen LogP contribution in [0.4, 0.5) is 5.69 Å². The first-order chi connectivity index (χ1) is 13.1. The highest BCUT2D eigenvalue weighted by Crippen LogP contribution is 2.39. The van der Waals surface area contributed by atoms with Crippen LogP contribution in [0.3, 0.4) is 0 Å². The van der Waals surface area contributed by atoms with E-state index in [0.717, 1.165) is 17.0 Å². The lowest BCUT2D eigenvalue weighted by atomic mass is 10.1. The fraction of sp³-hybridized carbons (Fsp3) is 0.333. The van der Waals surface area contributed by atoms with E-state index in [9.17, 15) is 4.79 Å². The molecular formula is C21H24N2O4. The summed E-state index contributed by atoms with van der Waals surface area (Å²) in [6, 6.07) is 11.1. The number of carbonyl (C=O) groups is 1. The van der Waals surface area contributed by atoms with Crippen molar-refractivity contribution in [1.29, 1.82) is 0 Å². The topological polar surface area (TPSA) is 60.4 Å². The Morgan fingerprint density at radius 2 is 1.74 bits per heavy atom. The molecule has 27 heavy (non-hydrogen) atoms. The number of benzene rings is 2. The van der Waals surface area contributed by atoms with Crippen LogP contribution in [0.1, 0.15) is 36.7 Å². The highest BCUT2D eigenvalue weighted by molar-refractivity contribution is 6.04. The van der Waals surface area contributed by atoms with Gasteiger partial charge in [0.1, 0.15) is 5.75 Å². The minimum atomic E-state index is -0.0698. The molecule has 0 saturated carbocycles. The SMILES string of the molecule is CCN(CC)C(=O)c1cc2c(cc1N=C(C)c1ccc(OC)cc1)OCO2. The zero-order valence-electron chi connectivity index (χ0n) is 16.1. The van der Waals surface area contributed by atoms with Crippen molar-refractivity contribution >= 4 is 17.3 Å². The van der Waals surface area contributed by atoms with E-state index in [4.69, 9.17) is 19.2 Å². The Balaban J connectivity index is 2.03. The van der Waals surface area contributed by atoms with Gasteiger partial charge in [0.25, 0.3) is 5.91 Å². The Labute approximate surface area is 159 Å². The van der Waals surface area contributed by atoms with Gasteiger partial charge in [0.05, 0.1) is 18.4 Å². The molecule has 0 atom stereocenters. The second-order valence-electron chi connectivity index (χ2n) is 6.13. The van der Waals surface area contributed by atoms with Gasteiger partial charge >= 0.3 is 0 Å². The van der Waals surface area contributed by atoms with Gasteiger partial charge in [-0.3, -0.25) is 9.79 Å². The van der Waals surface area contributed by atoms with Gasteiger partial charge in [-0.2, -0.15) is 0 Å². The van der Waals surface area contributed by atoms with Gasteiger partial charge in [0, 0.05) is 24.9 Å². The minimum Gasteiger partial charge on any atom is -0.497 e. The van der Waals surface area contributed by atoms with E-state index in [1.165, 1.54) is 0 Å². The first kappa shape index (κ1) is 18.8. The molecule has 2 aromatic rings. The Morgan fingerprint density at radius 3 is 2.33 bits per heavy atom. The Kier molecular flexibility index (Phi) is 5.64. The average molecular weight is 368 g/mol. The van der Waals surface area contributed by atoms with Gasteiger partial charge in [0.15, 0.2) is 11.5 Å². The molecule has 1 amide bonds. The summed E-state index contributed by atoms with van der Waals surface area (Å²) >= 11 is 0. The summed E-state index contributed by atoms with van der Waals surface area (Å²) in [5, 5.41) is 0. The van der Waals surface area contributed by atoms with E-state index in [1.54, 1.807) is 24.1 Å². The van der Waals surface area contributed by atoms with Crippen molar-refractivity contribution in [3.05, 3.63) is 47.5 Å². The number of rotatable bonds is 6. The minimum absolute atomic E-state index is 0.0698. The third kappa shape index (κ3) is 3.89. The molecule has 1 heterocycles. The lowest BCUT2D eigenvalue weighted by Crippen LogP contribution is -2.30. The van der Waals surface area contributed by atoms with Crippen LogP contribution in [0.2, 0.25) is 0 Å². The lowest BCUT2D eigenvalue weighted by molar-refractivity contribution is 0.0773. The van der Waals surface area contributed by atoms with Crippen molar-refractivity contribution in [3.63, 3.8) is 0 Å². The van der Waals surface area contributed by atoms with E-state index in [0.29, 0.717) is 35.8 Å². The van der Waals surface area contributed by atoms with E-state index >= 15 is 0 Å². The van der Waals surface area contributed by atoms with Crippen LogP contribution in [-0.4, -0.2) is 43.5 Å².